The molecule has 4 rings (SSSR count). The predicted octanol–water partition coefficient (Wildman–Crippen LogP) is 3.85. The fraction of sp³-hybridized carbons (Fsp3) is 0.500. The van der Waals surface area contributed by atoms with Gasteiger partial charge in [0.1, 0.15) is 0 Å². The summed E-state index contributed by atoms with van der Waals surface area (Å²) in [6, 6.07) is 6.12. The molecular weight excluding hydrogens is 402 g/mol. The lowest BCUT2D eigenvalue weighted by Crippen LogP contribution is -2.39. The van der Waals surface area contributed by atoms with Gasteiger partial charge in [0.2, 0.25) is 5.91 Å². The van der Waals surface area contributed by atoms with Crippen molar-refractivity contribution in [2.24, 2.45) is 5.92 Å². The van der Waals surface area contributed by atoms with Crippen LogP contribution in [0.2, 0.25) is 0 Å². The first-order chi connectivity index (χ1) is 13.9. The lowest BCUT2D eigenvalue weighted by Gasteiger charge is -2.30. The zero-order valence-electron chi connectivity index (χ0n) is 17.2. The van der Waals surface area contributed by atoms with E-state index in [0.29, 0.717) is 16.8 Å². The number of benzene rings is 1. The Balaban J connectivity index is 1.65. The van der Waals surface area contributed by atoms with Gasteiger partial charge in [-0.15, -0.1) is 11.8 Å². The highest BCUT2D eigenvalue weighted by Crippen LogP contribution is 2.30. The molecule has 0 bridgehead atoms. The second-order valence-electron chi connectivity index (χ2n) is 8.11. The van der Waals surface area contributed by atoms with Crippen LogP contribution < -0.4 is 5.56 Å². The Morgan fingerprint density at radius 3 is 2.59 bits per heavy atom. The molecule has 2 aliphatic heterocycles. The number of hydrogen-bond donors (Lipinski definition) is 0. The van der Waals surface area contributed by atoms with E-state index in [1.54, 1.807) is 16.3 Å². The minimum absolute atomic E-state index is 0.00996. The molecule has 154 valence electrons. The SMILES string of the molecule is Cc1cc(C)cc(-n2c(SCC(=O)N3CCC(C)CC3)nc3c(c2=O)SCC3)c1. The molecule has 1 saturated heterocycles. The van der Waals surface area contributed by atoms with Crippen LogP contribution in [0.25, 0.3) is 5.69 Å². The maximum absolute atomic E-state index is 13.3. The summed E-state index contributed by atoms with van der Waals surface area (Å²) >= 11 is 2.98. The number of aromatic nitrogens is 2. The van der Waals surface area contributed by atoms with Crippen LogP contribution >= 0.6 is 23.5 Å². The lowest BCUT2D eigenvalue weighted by atomic mass is 9.99. The van der Waals surface area contributed by atoms with Crippen LogP contribution in [-0.2, 0) is 11.2 Å². The monoisotopic (exact) mass is 429 g/mol. The quantitative estimate of drug-likeness (QED) is 0.546. The standard InChI is InChI=1S/C22H27N3O2S2/c1-14-4-7-24(8-5-14)19(26)13-29-22-23-18-6-9-28-20(18)21(27)25(22)17-11-15(2)10-16(3)12-17/h10-12,14H,4-9,13H2,1-3H3. The summed E-state index contributed by atoms with van der Waals surface area (Å²) in [6.07, 6.45) is 2.95. The van der Waals surface area contributed by atoms with Crippen LogP contribution in [0.4, 0.5) is 0 Å². The number of carbonyl (C=O) groups is 1. The van der Waals surface area contributed by atoms with Crippen LogP contribution in [0.5, 0.6) is 0 Å². The summed E-state index contributed by atoms with van der Waals surface area (Å²) in [7, 11) is 0. The molecule has 0 radical (unpaired) electrons. The van der Waals surface area contributed by atoms with Crippen molar-refractivity contribution in [1.29, 1.82) is 0 Å². The minimum atomic E-state index is -0.00996. The highest BCUT2D eigenvalue weighted by atomic mass is 32.2. The fourth-order valence-electron chi connectivity index (χ4n) is 3.97. The molecule has 0 aliphatic carbocycles. The van der Waals surface area contributed by atoms with E-state index < -0.39 is 0 Å². The average Bonchev–Trinajstić information content (AvgIpc) is 3.15. The third-order valence-corrected chi connectivity index (χ3v) is 7.62. The Hall–Kier alpha value is -1.73. The predicted molar refractivity (Wildman–Crippen MR) is 119 cm³/mol. The molecule has 29 heavy (non-hydrogen) atoms. The molecule has 1 aromatic carbocycles. The molecule has 0 N–H and O–H groups in total. The van der Waals surface area contributed by atoms with Crippen molar-refractivity contribution in [3.05, 3.63) is 45.4 Å². The molecule has 0 saturated carbocycles. The number of carbonyl (C=O) groups excluding carboxylic acids is 1. The average molecular weight is 430 g/mol. The van der Waals surface area contributed by atoms with Gasteiger partial charge < -0.3 is 4.90 Å². The Morgan fingerprint density at radius 1 is 1.21 bits per heavy atom. The summed E-state index contributed by atoms with van der Waals surface area (Å²) in [5, 5.41) is 0.625. The van der Waals surface area contributed by atoms with Crippen molar-refractivity contribution >= 4 is 29.4 Å². The highest BCUT2D eigenvalue weighted by molar-refractivity contribution is 8.00. The number of hydrogen-bond acceptors (Lipinski definition) is 5. The number of rotatable bonds is 4. The number of thioether (sulfide) groups is 2. The van der Waals surface area contributed by atoms with E-state index in [4.69, 9.17) is 4.98 Å². The van der Waals surface area contributed by atoms with E-state index in [9.17, 15) is 9.59 Å². The van der Waals surface area contributed by atoms with Gasteiger partial charge in [0.25, 0.3) is 5.56 Å². The molecule has 2 aromatic rings. The van der Waals surface area contributed by atoms with E-state index in [-0.39, 0.29) is 11.5 Å². The lowest BCUT2D eigenvalue weighted by molar-refractivity contribution is -0.129. The van der Waals surface area contributed by atoms with E-state index >= 15 is 0 Å². The van der Waals surface area contributed by atoms with Gasteiger partial charge >= 0.3 is 0 Å². The van der Waals surface area contributed by atoms with Gasteiger partial charge in [0, 0.05) is 25.3 Å². The number of fused-ring (bicyclic) bond motifs is 1. The van der Waals surface area contributed by atoms with Crippen LogP contribution in [0, 0.1) is 19.8 Å². The first-order valence-electron chi connectivity index (χ1n) is 10.2. The van der Waals surface area contributed by atoms with Crippen LogP contribution in [0.15, 0.2) is 33.0 Å². The Bertz CT molecular complexity index is 974. The van der Waals surface area contributed by atoms with Gasteiger partial charge in [0.05, 0.1) is 22.0 Å². The van der Waals surface area contributed by atoms with Crippen molar-refractivity contribution in [2.75, 3.05) is 24.6 Å². The Labute approximate surface area is 180 Å². The highest BCUT2D eigenvalue weighted by Gasteiger charge is 2.25. The molecule has 0 spiro atoms. The van der Waals surface area contributed by atoms with Gasteiger partial charge in [-0.1, -0.05) is 24.8 Å². The van der Waals surface area contributed by atoms with Crippen molar-refractivity contribution < 1.29 is 4.79 Å². The van der Waals surface area contributed by atoms with Crippen molar-refractivity contribution in [3.63, 3.8) is 0 Å². The van der Waals surface area contributed by atoms with Gasteiger partial charge in [-0.3, -0.25) is 14.2 Å². The van der Waals surface area contributed by atoms with E-state index in [0.717, 1.165) is 65.5 Å². The molecule has 1 fully saturated rings. The maximum Gasteiger partial charge on any atom is 0.272 e. The van der Waals surface area contributed by atoms with Crippen LogP contribution in [0.1, 0.15) is 36.6 Å². The first kappa shape index (κ1) is 20.5. The van der Waals surface area contributed by atoms with Crippen LogP contribution in [-0.4, -0.2) is 45.0 Å². The number of nitrogens with zero attached hydrogens (tertiary/aromatic N) is 3. The van der Waals surface area contributed by atoms with Crippen LogP contribution in [0.3, 0.4) is 0 Å². The second-order valence-corrected chi connectivity index (χ2v) is 10.2. The normalized spacial score (nSPS) is 16.9. The van der Waals surface area contributed by atoms with Crippen molar-refractivity contribution in [2.45, 2.75) is 50.1 Å². The molecule has 3 heterocycles. The molecular formula is C22H27N3O2S2. The first-order valence-corrected chi connectivity index (χ1v) is 12.2. The van der Waals surface area contributed by atoms with Crippen molar-refractivity contribution in [3.8, 4) is 5.69 Å². The van der Waals surface area contributed by atoms with E-state index in [1.807, 2.05) is 30.9 Å². The minimum Gasteiger partial charge on any atom is -0.342 e. The second kappa shape index (κ2) is 8.56. The molecule has 0 unspecified atom stereocenters. The largest absolute Gasteiger partial charge is 0.342 e. The van der Waals surface area contributed by atoms with Gasteiger partial charge in [0.15, 0.2) is 5.16 Å². The summed E-state index contributed by atoms with van der Waals surface area (Å²) < 4.78 is 1.70. The number of aryl methyl sites for hydroxylation is 3. The Morgan fingerprint density at radius 2 is 1.90 bits per heavy atom. The summed E-state index contributed by atoms with van der Waals surface area (Å²) in [5.74, 6) is 2.04. The molecule has 5 nitrogen and oxygen atoms in total. The number of piperidine rings is 1. The summed E-state index contributed by atoms with van der Waals surface area (Å²) in [4.78, 5) is 33.5. The number of likely N-dealkylation sites (tertiary alicyclic amines) is 1. The molecule has 2 aliphatic rings. The molecule has 1 amide bonds. The fourth-order valence-corrected chi connectivity index (χ4v) is 5.93. The molecule has 7 heteroatoms. The zero-order valence-corrected chi connectivity index (χ0v) is 18.9. The van der Waals surface area contributed by atoms with E-state index in [2.05, 4.69) is 13.0 Å². The summed E-state index contributed by atoms with van der Waals surface area (Å²) in [5.41, 5.74) is 3.91. The van der Waals surface area contributed by atoms with Crippen molar-refractivity contribution in [1.82, 2.24) is 14.5 Å². The summed E-state index contributed by atoms with van der Waals surface area (Å²) in [6.45, 7) is 7.97. The topological polar surface area (TPSA) is 55.2 Å². The Kier molecular flexibility index (Phi) is 6.06. The maximum atomic E-state index is 13.3. The van der Waals surface area contributed by atoms with E-state index in [1.165, 1.54) is 11.8 Å². The molecule has 1 aromatic heterocycles. The third kappa shape index (κ3) is 4.40. The molecule has 0 atom stereocenters. The smallest absolute Gasteiger partial charge is 0.272 e. The zero-order chi connectivity index (χ0) is 20.5. The number of amides is 1. The van der Waals surface area contributed by atoms with Gasteiger partial charge in [-0.25, -0.2) is 4.98 Å². The van der Waals surface area contributed by atoms with Gasteiger partial charge in [-0.2, -0.15) is 0 Å². The van der Waals surface area contributed by atoms with Gasteiger partial charge in [-0.05, 0) is 55.9 Å². The third-order valence-electron chi connectivity index (χ3n) is 5.59.